The molecule has 4 heteroatoms. The van der Waals surface area contributed by atoms with Crippen LogP contribution in [0.5, 0.6) is 0 Å². The van der Waals surface area contributed by atoms with Gasteiger partial charge in [-0.3, -0.25) is 0 Å². The summed E-state index contributed by atoms with van der Waals surface area (Å²) in [5.74, 6) is 0.837. The molecular formula is C7H11NO3. The lowest BCUT2D eigenvalue weighted by molar-refractivity contribution is 0.150. The van der Waals surface area contributed by atoms with Gasteiger partial charge in [-0.05, 0) is 12.1 Å². The van der Waals surface area contributed by atoms with Crippen LogP contribution in [0, 0.1) is 0 Å². The summed E-state index contributed by atoms with van der Waals surface area (Å²) in [4.78, 5) is 0. The minimum Gasteiger partial charge on any atom is -0.461 e. The Hall–Kier alpha value is -0.840. The molecule has 1 aromatic rings. The topological polar surface area (TPSA) is 79.6 Å². The lowest BCUT2D eigenvalue weighted by Crippen LogP contribution is -2.10. The lowest BCUT2D eigenvalue weighted by atomic mass is 10.3. The molecule has 1 heterocycles. The first-order valence-corrected chi connectivity index (χ1v) is 3.35. The third-order valence-electron chi connectivity index (χ3n) is 1.39. The van der Waals surface area contributed by atoms with Gasteiger partial charge in [0.25, 0.3) is 0 Å². The molecule has 4 N–H and O–H groups in total. The van der Waals surface area contributed by atoms with Crippen LogP contribution in [0.15, 0.2) is 16.5 Å². The Bertz CT molecular complexity index is 221. The highest BCUT2D eigenvalue weighted by Gasteiger charge is 2.09. The van der Waals surface area contributed by atoms with Gasteiger partial charge in [-0.15, -0.1) is 0 Å². The molecule has 0 radical (unpaired) electrons. The largest absolute Gasteiger partial charge is 0.461 e. The van der Waals surface area contributed by atoms with Gasteiger partial charge in [0.05, 0.1) is 0 Å². The fraction of sp³-hybridized carbons (Fsp3) is 0.429. The smallest absolute Gasteiger partial charge is 0.134 e. The maximum absolute atomic E-state index is 9.14. The van der Waals surface area contributed by atoms with Crippen LogP contribution in [0.1, 0.15) is 17.6 Å². The van der Waals surface area contributed by atoms with Gasteiger partial charge in [-0.25, -0.2) is 0 Å². The van der Waals surface area contributed by atoms with Crippen molar-refractivity contribution in [3.05, 3.63) is 23.7 Å². The molecule has 11 heavy (non-hydrogen) atoms. The Balaban J connectivity index is 2.71. The Kier molecular flexibility index (Phi) is 2.64. The second-order valence-corrected chi connectivity index (χ2v) is 2.21. The average Bonchev–Trinajstić information content (AvgIpc) is 2.50. The first kappa shape index (κ1) is 8.26. The molecule has 0 saturated carbocycles. The zero-order valence-corrected chi connectivity index (χ0v) is 6.03. The monoisotopic (exact) mass is 157 g/mol. The Labute approximate surface area is 64.2 Å². The molecule has 0 aliphatic rings. The molecule has 0 spiro atoms. The predicted octanol–water partition coefficient (Wildman–Crippen LogP) is -0.236. The van der Waals surface area contributed by atoms with Crippen LogP contribution in [-0.2, 0) is 6.61 Å². The minimum atomic E-state index is -0.768. The summed E-state index contributed by atoms with van der Waals surface area (Å²) in [5, 5.41) is 17.7. The Morgan fingerprint density at radius 1 is 1.55 bits per heavy atom. The van der Waals surface area contributed by atoms with Crippen LogP contribution in [-0.4, -0.2) is 16.8 Å². The summed E-state index contributed by atoms with van der Waals surface area (Å²) in [7, 11) is 0. The van der Waals surface area contributed by atoms with E-state index >= 15 is 0 Å². The molecule has 0 aliphatic heterocycles. The molecule has 1 aromatic heterocycles. The van der Waals surface area contributed by atoms with E-state index in [2.05, 4.69) is 0 Å². The van der Waals surface area contributed by atoms with Gasteiger partial charge >= 0.3 is 0 Å². The minimum absolute atomic E-state index is 0.123. The van der Waals surface area contributed by atoms with Crippen LogP contribution in [0.25, 0.3) is 0 Å². The summed E-state index contributed by atoms with van der Waals surface area (Å²) in [6, 6.07) is 3.21. The van der Waals surface area contributed by atoms with Crippen LogP contribution in [0.3, 0.4) is 0 Å². The van der Waals surface area contributed by atoms with Crippen LogP contribution in [0.4, 0.5) is 0 Å². The molecule has 4 nitrogen and oxygen atoms in total. The quantitative estimate of drug-likeness (QED) is 0.566. The molecular weight excluding hydrogens is 146 g/mol. The summed E-state index contributed by atoms with van der Waals surface area (Å²) < 4.78 is 5.01. The summed E-state index contributed by atoms with van der Waals surface area (Å²) in [6.45, 7) is -0.0321. The van der Waals surface area contributed by atoms with E-state index in [4.69, 9.17) is 20.4 Å². The van der Waals surface area contributed by atoms with Crippen molar-refractivity contribution >= 4 is 0 Å². The second kappa shape index (κ2) is 3.52. The molecule has 0 amide bonds. The van der Waals surface area contributed by atoms with Crippen molar-refractivity contribution in [3.8, 4) is 0 Å². The highest BCUT2D eigenvalue weighted by molar-refractivity contribution is 5.08. The number of hydrogen-bond donors (Lipinski definition) is 3. The maximum Gasteiger partial charge on any atom is 0.134 e. The molecule has 62 valence electrons. The van der Waals surface area contributed by atoms with E-state index in [1.807, 2.05) is 0 Å². The fourth-order valence-electron chi connectivity index (χ4n) is 0.775. The number of furan rings is 1. The van der Waals surface area contributed by atoms with Gasteiger partial charge in [-0.1, -0.05) is 0 Å². The number of nitrogens with two attached hydrogens (primary N) is 1. The average molecular weight is 157 g/mol. The molecule has 0 saturated heterocycles. The van der Waals surface area contributed by atoms with Crippen LogP contribution >= 0.6 is 0 Å². The predicted molar refractivity (Wildman–Crippen MR) is 38.6 cm³/mol. The third kappa shape index (κ3) is 1.80. The van der Waals surface area contributed by atoms with Gasteiger partial charge in [0.2, 0.25) is 0 Å². The van der Waals surface area contributed by atoms with Gasteiger partial charge < -0.3 is 20.4 Å². The van der Waals surface area contributed by atoms with Crippen molar-refractivity contribution in [2.75, 3.05) is 6.54 Å². The van der Waals surface area contributed by atoms with Crippen LogP contribution < -0.4 is 5.73 Å². The standard InChI is InChI=1S/C7H11NO3/c8-3-6(10)7-2-1-5(4-9)11-7/h1-2,6,9-10H,3-4,8H2. The van der Waals surface area contributed by atoms with Crippen molar-refractivity contribution < 1.29 is 14.6 Å². The third-order valence-corrected chi connectivity index (χ3v) is 1.39. The molecule has 0 bridgehead atoms. The SMILES string of the molecule is NCC(O)c1ccc(CO)o1. The first-order chi connectivity index (χ1) is 5.27. The number of aliphatic hydroxyl groups is 2. The van der Waals surface area contributed by atoms with Crippen molar-refractivity contribution in [1.82, 2.24) is 0 Å². The second-order valence-electron chi connectivity index (χ2n) is 2.21. The van der Waals surface area contributed by atoms with E-state index in [1.54, 1.807) is 12.1 Å². The Morgan fingerprint density at radius 2 is 2.27 bits per heavy atom. The number of aliphatic hydroxyl groups excluding tert-OH is 2. The number of hydrogen-bond acceptors (Lipinski definition) is 4. The van der Waals surface area contributed by atoms with Crippen molar-refractivity contribution in [2.45, 2.75) is 12.7 Å². The molecule has 1 rings (SSSR count). The first-order valence-electron chi connectivity index (χ1n) is 3.35. The zero-order chi connectivity index (χ0) is 8.27. The summed E-state index contributed by atoms with van der Waals surface area (Å²) >= 11 is 0. The summed E-state index contributed by atoms with van der Waals surface area (Å²) in [5.41, 5.74) is 5.18. The fourth-order valence-corrected chi connectivity index (χ4v) is 0.775. The normalized spacial score (nSPS) is 13.4. The van der Waals surface area contributed by atoms with E-state index < -0.39 is 6.10 Å². The van der Waals surface area contributed by atoms with Crippen molar-refractivity contribution in [3.63, 3.8) is 0 Å². The lowest BCUT2D eigenvalue weighted by Gasteiger charge is -2.01. The molecule has 1 unspecified atom stereocenters. The van der Waals surface area contributed by atoms with E-state index in [1.165, 1.54) is 0 Å². The van der Waals surface area contributed by atoms with E-state index in [9.17, 15) is 0 Å². The van der Waals surface area contributed by atoms with Gasteiger partial charge in [0.15, 0.2) is 0 Å². The van der Waals surface area contributed by atoms with E-state index in [-0.39, 0.29) is 13.2 Å². The van der Waals surface area contributed by atoms with E-state index in [0.29, 0.717) is 11.5 Å². The maximum atomic E-state index is 9.14. The summed E-state index contributed by atoms with van der Waals surface area (Å²) in [6.07, 6.45) is -0.768. The van der Waals surface area contributed by atoms with E-state index in [0.717, 1.165) is 0 Å². The molecule has 0 aliphatic carbocycles. The highest BCUT2D eigenvalue weighted by atomic mass is 16.4. The van der Waals surface area contributed by atoms with Crippen LogP contribution in [0.2, 0.25) is 0 Å². The highest BCUT2D eigenvalue weighted by Crippen LogP contribution is 2.14. The van der Waals surface area contributed by atoms with Gasteiger partial charge in [-0.2, -0.15) is 0 Å². The molecule has 0 aromatic carbocycles. The van der Waals surface area contributed by atoms with Crippen molar-refractivity contribution in [1.29, 1.82) is 0 Å². The zero-order valence-electron chi connectivity index (χ0n) is 6.03. The van der Waals surface area contributed by atoms with Gasteiger partial charge in [0.1, 0.15) is 24.2 Å². The van der Waals surface area contributed by atoms with Gasteiger partial charge in [0, 0.05) is 6.54 Å². The Morgan fingerprint density at radius 3 is 2.73 bits per heavy atom. The number of rotatable bonds is 3. The molecule has 1 atom stereocenters. The van der Waals surface area contributed by atoms with Crippen molar-refractivity contribution in [2.24, 2.45) is 5.73 Å². The molecule has 0 fully saturated rings.